The Labute approximate surface area is 129 Å². The highest BCUT2D eigenvalue weighted by Crippen LogP contribution is 2.39. The minimum absolute atomic E-state index is 0.0427. The molecule has 0 aliphatic heterocycles. The molecule has 1 atom stereocenters. The average molecular weight is 320 g/mol. The fraction of sp³-hybridized carbons (Fsp3) is 0.625. The Morgan fingerprint density at radius 3 is 2.18 bits per heavy atom. The molecular weight excluding hydrogens is 297 g/mol. The van der Waals surface area contributed by atoms with Crippen LogP contribution in [0, 0.1) is 0 Å². The molecule has 0 radical (unpaired) electrons. The molecule has 0 saturated heterocycles. The Hall–Kier alpha value is -1.43. The maximum absolute atomic E-state index is 12.8. The van der Waals surface area contributed by atoms with Gasteiger partial charge in [0.05, 0.1) is 13.2 Å². The standard InChI is InChI=1S/C16H23F3O3/c1-3-5-9-21-12-7-8-14(22-10-6-4-2)13(11-12)15(20)16(17,18)19/h7-8,11,15,20H,3-6,9-10H2,1-2H3. The predicted octanol–water partition coefficient (Wildman–Crippen LogP) is 4.64. The highest BCUT2D eigenvalue weighted by molar-refractivity contribution is 5.42. The van der Waals surface area contributed by atoms with Crippen LogP contribution in [0.1, 0.15) is 51.2 Å². The fourth-order valence-electron chi connectivity index (χ4n) is 1.80. The first kappa shape index (κ1) is 18.6. The number of hydrogen-bond acceptors (Lipinski definition) is 3. The minimum Gasteiger partial charge on any atom is -0.494 e. The normalized spacial score (nSPS) is 13.0. The zero-order valence-corrected chi connectivity index (χ0v) is 12.9. The van der Waals surface area contributed by atoms with Gasteiger partial charge in [-0.2, -0.15) is 13.2 Å². The summed E-state index contributed by atoms with van der Waals surface area (Å²) in [6, 6.07) is 4.18. The van der Waals surface area contributed by atoms with Gasteiger partial charge in [0.1, 0.15) is 11.5 Å². The van der Waals surface area contributed by atoms with E-state index in [0.717, 1.165) is 25.7 Å². The van der Waals surface area contributed by atoms with Gasteiger partial charge in [-0.05, 0) is 31.0 Å². The van der Waals surface area contributed by atoms with Crippen LogP contribution in [0.2, 0.25) is 0 Å². The van der Waals surface area contributed by atoms with Gasteiger partial charge in [-0.3, -0.25) is 0 Å². The Morgan fingerprint density at radius 2 is 1.64 bits per heavy atom. The third kappa shape index (κ3) is 5.75. The van der Waals surface area contributed by atoms with E-state index < -0.39 is 12.3 Å². The summed E-state index contributed by atoms with van der Waals surface area (Å²) < 4.78 is 49.1. The summed E-state index contributed by atoms with van der Waals surface area (Å²) in [5, 5.41) is 9.53. The summed E-state index contributed by atoms with van der Waals surface area (Å²) >= 11 is 0. The Balaban J connectivity index is 2.95. The number of ether oxygens (including phenoxy) is 2. The first-order valence-electron chi connectivity index (χ1n) is 7.54. The SMILES string of the molecule is CCCCOc1ccc(OCCCC)c(C(O)C(F)(F)F)c1. The highest BCUT2D eigenvalue weighted by Gasteiger charge is 2.41. The molecule has 22 heavy (non-hydrogen) atoms. The number of aliphatic hydroxyl groups excluding tert-OH is 1. The summed E-state index contributed by atoms with van der Waals surface area (Å²) in [6.07, 6.45) is -3.99. The number of halogens is 3. The second kappa shape index (κ2) is 8.88. The van der Waals surface area contributed by atoms with Crippen molar-refractivity contribution in [3.05, 3.63) is 23.8 Å². The van der Waals surface area contributed by atoms with Gasteiger partial charge in [0.2, 0.25) is 0 Å². The molecule has 0 aromatic heterocycles. The van der Waals surface area contributed by atoms with Crippen molar-refractivity contribution < 1.29 is 27.8 Å². The average Bonchev–Trinajstić information content (AvgIpc) is 2.47. The zero-order chi connectivity index (χ0) is 16.6. The van der Waals surface area contributed by atoms with Gasteiger partial charge in [-0.1, -0.05) is 26.7 Å². The molecule has 1 aromatic rings. The van der Waals surface area contributed by atoms with Gasteiger partial charge in [-0.15, -0.1) is 0 Å². The summed E-state index contributed by atoms with van der Waals surface area (Å²) in [5.74, 6) is 0.343. The van der Waals surface area contributed by atoms with Crippen molar-refractivity contribution in [3.8, 4) is 11.5 Å². The molecule has 0 saturated carbocycles. The minimum atomic E-state index is -4.75. The number of hydrogen-bond donors (Lipinski definition) is 1. The molecule has 126 valence electrons. The van der Waals surface area contributed by atoms with E-state index in [1.165, 1.54) is 12.1 Å². The molecule has 1 aromatic carbocycles. The van der Waals surface area contributed by atoms with Crippen LogP contribution in [0.25, 0.3) is 0 Å². The van der Waals surface area contributed by atoms with E-state index in [2.05, 4.69) is 0 Å². The van der Waals surface area contributed by atoms with Crippen molar-refractivity contribution in [2.75, 3.05) is 13.2 Å². The van der Waals surface area contributed by atoms with Crippen LogP contribution < -0.4 is 9.47 Å². The van der Waals surface area contributed by atoms with Crippen molar-refractivity contribution in [2.24, 2.45) is 0 Å². The largest absolute Gasteiger partial charge is 0.494 e. The lowest BCUT2D eigenvalue weighted by molar-refractivity contribution is -0.207. The van der Waals surface area contributed by atoms with E-state index in [1.54, 1.807) is 6.07 Å². The van der Waals surface area contributed by atoms with Gasteiger partial charge in [0.25, 0.3) is 0 Å². The monoisotopic (exact) mass is 320 g/mol. The van der Waals surface area contributed by atoms with E-state index in [9.17, 15) is 18.3 Å². The van der Waals surface area contributed by atoms with Crippen molar-refractivity contribution in [1.29, 1.82) is 0 Å². The topological polar surface area (TPSA) is 38.7 Å². The van der Waals surface area contributed by atoms with Crippen LogP contribution in [-0.4, -0.2) is 24.5 Å². The van der Waals surface area contributed by atoms with E-state index in [4.69, 9.17) is 9.47 Å². The molecule has 0 bridgehead atoms. The lowest BCUT2D eigenvalue weighted by Crippen LogP contribution is -2.21. The second-order valence-corrected chi connectivity index (χ2v) is 5.05. The van der Waals surface area contributed by atoms with E-state index in [-0.39, 0.29) is 11.3 Å². The summed E-state index contributed by atoms with van der Waals surface area (Å²) in [5.41, 5.74) is -0.308. The molecule has 0 aliphatic rings. The quantitative estimate of drug-likeness (QED) is 0.674. The van der Waals surface area contributed by atoms with Crippen molar-refractivity contribution >= 4 is 0 Å². The Kier molecular flexibility index (Phi) is 7.51. The molecule has 0 amide bonds. The van der Waals surface area contributed by atoms with Crippen LogP contribution >= 0.6 is 0 Å². The number of alkyl halides is 3. The van der Waals surface area contributed by atoms with Gasteiger partial charge in [0, 0.05) is 5.56 Å². The van der Waals surface area contributed by atoms with E-state index in [0.29, 0.717) is 19.0 Å². The summed E-state index contributed by atoms with van der Waals surface area (Å²) in [7, 11) is 0. The number of rotatable bonds is 9. The van der Waals surface area contributed by atoms with Crippen molar-refractivity contribution in [1.82, 2.24) is 0 Å². The Bertz CT molecular complexity index is 447. The lowest BCUT2D eigenvalue weighted by Gasteiger charge is -2.19. The van der Waals surface area contributed by atoms with Gasteiger partial charge in [-0.25, -0.2) is 0 Å². The molecular formula is C16H23F3O3. The van der Waals surface area contributed by atoms with Crippen LogP contribution in [0.3, 0.4) is 0 Å². The predicted molar refractivity (Wildman–Crippen MR) is 78.3 cm³/mol. The van der Waals surface area contributed by atoms with Crippen LogP contribution in [0.15, 0.2) is 18.2 Å². The number of unbranched alkanes of at least 4 members (excludes halogenated alkanes) is 2. The molecule has 0 aliphatic carbocycles. The summed E-state index contributed by atoms with van der Waals surface area (Å²) in [6.45, 7) is 4.69. The smallest absolute Gasteiger partial charge is 0.418 e. The van der Waals surface area contributed by atoms with E-state index in [1.807, 2.05) is 13.8 Å². The molecule has 0 fully saturated rings. The molecule has 0 spiro atoms. The van der Waals surface area contributed by atoms with Crippen LogP contribution in [0.4, 0.5) is 13.2 Å². The molecule has 1 unspecified atom stereocenters. The van der Waals surface area contributed by atoms with Gasteiger partial charge in [0.15, 0.2) is 6.10 Å². The lowest BCUT2D eigenvalue weighted by atomic mass is 10.1. The first-order valence-corrected chi connectivity index (χ1v) is 7.54. The Morgan fingerprint density at radius 1 is 1.05 bits per heavy atom. The van der Waals surface area contributed by atoms with Crippen molar-refractivity contribution in [2.45, 2.75) is 51.8 Å². The van der Waals surface area contributed by atoms with Crippen LogP contribution in [-0.2, 0) is 0 Å². The molecule has 1 rings (SSSR count). The molecule has 6 heteroatoms. The summed E-state index contributed by atoms with van der Waals surface area (Å²) in [4.78, 5) is 0. The first-order chi connectivity index (χ1) is 10.4. The van der Waals surface area contributed by atoms with Crippen molar-refractivity contribution in [3.63, 3.8) is 0 Å². The second-order valence-electron chi connectivity index (χ2n) is 5.05. The maximum Gasteiger partial charge on any atom is 0.418 e. The number of benzene rings is 1. The third-order valence-electron chi connectivity index (χ3n) is 3.11. The maximum atomic E-state index is 12.8. The van der Waals surface area contributed by atoms with Crippen LogP contribution in [0.5, 0.6) is 11.5 Å². The molecule has 3 nitrogen and oxygen atoms in total. The highest BCUT2D eigenvalue weighted by atomic mass is 19.4. The molecule has 1 N–H and O–H groups in total. The van der Waals surface area contributed by atoms with Gasteiger partial charge < -0.3 is 14.6 Å². The van der Waals surface area contributed by atoms with Gasteiger partial charge >= 0.3 is 6.18 Å². The fourth-order valence-corrected chi connectivity index (χ4v) is 1.80. The molecule has 0 heterocycles. The zero-order valence-electron chi connectivity index (χ0n) is 12.9. The number of aliphatic hydroxyl groups is 1. The van der Waals surface area contributed by atoms with E-state index >= 15 is 0 Å². The third-order valence-corrected chi connectivity index (χ3v) is 3.11.